The van der Waals surface area contributed by atoms with Gasteiger partial charge in [-0.15, -0.1) is 11.6 Å². The summed E-state index contributed by atoms with van der Waals surface area (Å²) in [6, 6.07) is 0. The van der Waals surface area contributed by atoms with E-state index in [1.807, 2.05) is 0 Å². The van der Waals surface area contributed by atoms with Crippen LogP contribution in [-0.2, 0) is 0 Å². The Kier molecular flexibility index (Phi) is 1.90. The first-order valence-corrected chi connectivity index (χ1v) is 5.01. The molecule has 2 aliphatic carbocycles. The highest BCUT2D eigenvalue weighted by Gasteiger charge is 2.42. The molecule has 58 valence electrons. The summed E-state index contributed by atoms with van der Waals surface area (Å²) in [6.07, 6.45) is 7.40. The van der Waals surface area contributed by atoms with Gasteiger partial charge in [0.05, 0.1) is 0 Å². The van der Waals surface area contributed by atoms with E-state index in [9.17, 15) is 0 Å². The molecule has 0 aromatic heterocycles. The molecule has 2 aliphatic rings. The van der Waals surface area contributed by atoms with Crippen LogP contribution in [0.4, 0.5) is 0 Å². The highest BCUT2D eigenvalue weighted by Crippen LogP contribution is 2.50. The van der Waals surface area contributed by atoms with Gasteiger partial charge < -0.3 is 0 Å². The third-order valence-electron chi connectivity index (χ3n) is 3.18. The van der Waals surface area contributed by atoms with Gasteiger partial charge in [0.1, 0.15) is 0 Å². The van der Waals surface area contributed by atoms with Crippen LogP contribution in [0.15, 0.2) is 0 Å². The molecule has 2 unspecified atom stereocenters. The Bertz CT molecular complexity index is 116. The molecule has 1 heteroatoms. The standard InChI is InChI=1S/C9H15Cl/c10-6-8-5-9(8)7-3-1-2-4-7/h7-9H,1-6H2. The Morgan fingerprint density at radius 3 is 2.40 bits per heavy atom. The third-order valence-corrected chi connectivity index (χ3v) is 3.58. The summed E-state index contributed by atoms with van der Waals surface area (Å²) in [6.45, 7) is 0. The van der Waals surface area contributed by atoms with E-state index in [1.165, 1.54) is 32.1 Å². The first-order valence-electron chi connectivity index (χ1n) is 4.48. The maximum Gasteiger partial charge on any atom is 0.0254 e. The summed E-state index contributed by atoms with van der Waals surface area (Å²) in [5.74, 6) is 3.94. The molecule has 2 fully saturated rings. The van der Waals surface area contributed by atoms with Crippen molar-refractivity contribution >= 4 is 11.6 Å². The third kappa shape index (κ3) is 1.18. The molecular formula is C9H15Cl. The quantitative estimate of drug-likeness (QED) is 0.542. The largest absolute Gasteiger partial charge is 0.126 e. The molecule has 0 radical (unpaired) electrons. The number of hydrogen-bond acceptors (Lipinski definition) is 0. The summed E-state index contributed by atoms with van der Waals surface area (Å²) in [5, 5.41) is 0. The van der Waals surface area contributed by atoms with Crippen LogP contribution in [0, 0.1) is 17.8 Å². The first-order chi connectivity index (χ1) is 4.92. The average molecular weight is 159 g/mol. The van der Waals surface area contributed by atoms with Crippen molar-refractivity contribution in [3.63, 3.8) is 0 Å². The second kappa shape index (κ2) is 2.73. The van der Waals surface area contributed by atoms with Crippen molar-refractivity contribution in [3.05, 3.63) is 0 Å². The van der Waals surface area contributed by atoms with Gasteiger partial charge in [-0.3, -0.25) is 0 Å². The minimum absolute atomic E-state index is 0.907. The van der Waals surface area contributed by atoms with Gasteiger partial charge in [-0.05, 0) is 24.2 Å². The van der Waals surface area contributed by atoms with Gasteiger partial charge in [0.2, 0.25) is 0 Å². The van der Waals surface area contributed by atoms with Crippen molar-refractivity contribution in [2.75, 3.05) is 5.88 Å². The zero-order chi connectivity index (χ0) is 6.97. The van der Waals surface area contributed by atoms with E-state index in [0.29, 0.717) is 0 Å². The molecule has 0 bridgehead atoms. The summed E-state index contributed by atoms with van der Waals surface area (Å²) in [7, 11) is 0. The number of halogens is 1. The number of rotatable bonds is 2. The molecule has 10 heavy (non-hydrogen) atoms. The SMILES string of the molecule is ClCC1CC1C1CCCC1. The number of alkyl halides is 1. The van der Waals surface area contributed by atoms with Crippen LogP contribution in [0.25, 0.3) is 0 Å². The number of hydrogen-bond donors (Lipinski definition) is 0. The van der Waals surface area contributed by atoms with E-state index in [1.54, 1.807) is 0 Å². The second-order valence-corrected chi connectivity index (χ2v) is 4.17. The van der Waals surface area contributed by atoms with Crippen LogP contribution in [-0.4, -0.2) is 5.88 Å². The van der Waals surface area contributed by atoms with E-state index in [2.05, 4.69) is 0 Å². The van der Waals surface area contributed by atoms with Crippen molar-refractivity contribution in [3.8, 4) is 0 Å². The summed E-state index contributed by atoms with van der Waals surface area (Å²) < 4.78 is 0. The molecule has 2 rings (SSSR count). The Morgan fingerprint density at radius 1 is 1.20 bits per heavy atom. The molecule has 0 heterocycles. The summed E-state index contributed by atoms with van der Waals surface area (Å²) >= 11 is 5.77. The fourth-order valence-electron chi connectivity index (χ4n) is 2.41. The Balaban J connectivity index is 1.79. The predicted molar refractivity (Wildman–Crippen MR) is 44.3 cm³/mol. The smallest absolute Gasteiger partial charge is 0.0254 e. The lowest BCUT2D eigenvalue weighted by molar-refractivity contribution is 0.457. The average Bonchev–Trinajstić information content (AvgIpc) is 2.56. The zero-order valence-electron chi connectivity index (χ0n) is 6.35. The van der Waals surface area contributed by atoms with Crippen LogP contribution in [0.5, 0.6) is 0 Å². The lowest BCUT2D eigenvalue weighted by Crippen LogP contribution is -1.98. The monoisotopic (exact) mass is 158 g/mol. The van der Waals surface area contributed by atoms with Crippen LogP contribution >= 0.6 is 11.6 Å². The van der Waals surface area contributed by atoms with Gasteiger partial charge in [0, 0.05) is 5.88 Å². The normalized spacial score (nSPS) is 40.5. The van der Waals surface area contributed by atoms with Crippen LogP contribution in [0.1, 0.15) is 32.1 Å². The molecule has 0 aromatic carbocycles. The topological polar surface area (TPSA) is 0 Å². The lowest BCUT2D eigenvalue weighted by atomic mass is 10.0. The van der Waals surface area contributed by atoms with Crippen molar-refractivity contribution in [1.29, 1.82) is 0 Å². The van der Waals surface area contributed by atoms with Gasteiger partial charge >= 0.3 is 0 Å². The molecule has 2 atom stereocenters. The maximum absolute atomic E-state index is 5.77. The van der Waals surface area contributed by atoms with E-state index in [0.717, 1.165) is 23.6 Å². The van der Waals surface area contributed by atoms with Crippen molar-refractivity contribution < 1.29 is 0 Å². The molecule has 0 nitrogen and oxygen atoms in total. The van der Waals surface area contributed by atoms with Gasteiger partial charge in [-0.1, -0.05) is 25.7 Å². The highest BCUT2D eigenvalue weighted by molar-refractivity contribution is 6.18. The Morgan fingerprint density at radius 2 is 1.90 bits per heavy atom. The van der Waals surface area contributed by atoms with Crippen molar-refractivity contribution in [1.82, 2.24) is 0 Å². The molecule has 0 amide bonds. The van der Waals surface area contributed by atoms with E-state index in [4.69, 9.17) is 11.6 Å². The fourth-order valence-corrected chi connectivity index (χ4v) is 2.77. The zero-order valence-corrected chi connectivity index (χ0v) is 7.11. The maximum atomic E-state index is 5.77. The van der Waals surface area contributed by atoms with E-state index in [-0.39, 0.29) is 0 Å². The van der Waals surface area contributed by atoms with E-state index < -0.39 is 0 Å². The molecular weight excluding hydrogens is 144 g/mol. The minimum atomic E-state index is 0.907. The van der Waals surface area contributed by atoms with Crippen LogP contribution < -0.4 is 0 Å². The van der Waals surface area contributed by atoms with Gasteiger partial charge in [0.15, 0.2) is 0 Å². The van der Waals surface area contributed by atoms with Gasteiger partial charge in [-0.2, -0.15) is 0 Å². The predicted octanol–water partition coefficient (Wildman–Crippen LogP) is 3.05. The Hall–Kier alpha value is 0.290. The lowest BCUT2D eigenvalue weighted by Gasteiger charge is -2.05. The van der Waals surface area contributed by atoms with Gasteiger partial charge in [0.25, 0.3) is 0 Å². The summed E-state index contributed by atoms with van der Waals surface area (Å²) in [4.78, 5) is 0. The van der Waals surface area contributed by atoms with Crippen LogP contribution in [0.2, 0.25) is 0 Å². The molecule has 0 N–H and O–H groups in total. The highest BCUT2D eigenvalue weighted by atomic mass is 35.5. The minimum Gasteiger partial charge on any atom is -0.126 e. The fraction of sp³-hybridized carbons (Fsp3) is 1.00. The first kappa shape index (κ1) is 6.97. The van der Waals surface area contributed by atoms with Gasteiger partial charge in [-0.25, -0.2) is 0 Å². The molecule has 0 spiro atoms. The molecule has 0 aromatic rings. The van der Waals surface area contributed by atoms with Crippen molar-refractivity contribution in [2.45, 2.75) is 32.1 Å². The molecule has 0 saturated heterocycles. The second-order valence-electron chi connectivity index (χ2n) is 3.86. The van der Waals surface area contributed by atoms with Crippen LogP contribution in [0.3, 0.4) is 0 Å². The Labute approximate surface area is 68.0 Å². The molecule has 2 saturated carbocycles. The molecule has 0 aliphatic heterocycles. The summed E-state index contributed by atoms with van der Waals surface area (Å²) in [5.41, 5.74) is 0. The van der Waals surface area contributed by atoms with Crippen molar-refractivity contribution in [2.24, 2.45) is 17.8 Å². The van der Waals surface area contributed by atoms with E-state index >= 15 is 0 Å².